The van der Waals surface area contributed by atoms with E-state index in [1.165, 1.54) is 12.8 Å². The van der Waals surface area contributed by atoms with Gasteiger partial charge in [-0.25, -0.2) is 0 Å². The van der Waals surface area contributed by atoms with Gasteiger partial charge in [-0.3, -0.25) is 4.79 Å². The lowest BCUT2D eigenvalue weighted by molar-refractivity contribution is -0.116. The van der Waals surface area contributed by atoms with E-state index in [2.05, 4.69) is 19.2 Å². The molecule has 1 fully saturated rings. The summed E-state index contributed by atoms with van der Waals surface area (Å²) in [5, 5.41) is 4.19. The zero-order chi connectivity index (χ0) is 15.4. The van der Waals surface area contributed by atoms with Crippen LogP contribution in [-0.4, -0.2) is 25.0 Å². The van der Waals surface area contributed by atoms with E-state index in [9.17, 15) is 4.79 Å². The number of carbonyl (C=O) groups is 1. The van der Waals surface area contributed by atoms with Gasteiger partial charge in [0.15, 0.2) is 0 Å². The highest BCUT2D eigenvalue weighted by atomic mass is 35.5. The number of nitrogens with one attached hydrogen (secondary N) is 1. The Balaban J connectivity index is 2.08. The molecule has 0 saturated heterocycles. The molecule has 1 aromatic rings. The van der Waals surface area contributed by atoms with E-state index in [-0.39, 0.29) is 12.5 Å². The van der Waals surface area contributed by atoms with Crippen LogP contribution in [0.15, 0.2) is 18.2 Å². The number of nitrogens with two attached hydrogens (primary N) is 1. The third kappa shape index (κ3) is 5.21. The molecule has 0 unspecified atom stereocenters. The molecule has 5 heteroatoms. The Morgan fingerprint density at radius 1 is 1.48 bits per heavy atom. The van der Waals surface area contributed by atoms with Gasteiger partial charge in [-0.2, -0.15) is 0 Å². The van der Waals surface area contributed by atoms with Crippen molar-refractivity contribution in [1.82, 2.24) is 5.32 Å². The molecule has 116 valence electrons. The lowest BCUT2D eigenvalue weighted by atomic mass is 10.1. The average molecular weight is 310 g/mol. The maximum atomic E-state index is 11.2. The molecule has 0 aromatic heterocycles. The van der Waals surface area contributed by atoms with Crippen molar-refractivity contribution >= 4 is 23.2 Å². The SMILES string of the molecule is CC(C)CN(CC(N)=O)c1ccc(CNC2CC2)c(Cl)c1. The number of amides is 1. The van der Waals surface area contributed by atoms with E-state index in [1.54, 1.807) is 0 Å². The summed E-state index contributed by atoms with van der Waals surface area (Å²) in [4.78, 5) is 13.2. The molecular formula is C16H24ClN3O. The monoisotopic (exact) mass is 309 g/mol. The third-order valence-corrected chi connectivity index (χ3v) is 3.84. The molecule has 0 spiro atoms. The van der Waals surface area contributed by atoms with Crippen molar-refractivity contribution in [2.24, 2.45) is 11.7 Å². The molecule has 0 radical (unpaired) electrons. The molecule has 1 saturated carbocycles. The van der Waals surface area contributed by atoms with Crippen LogP contribution in [0.25, 0.3) is 0 Å². The zero-order valence-corrected chi connectivity index (χ0v) is 13.5. The third-order valence-electron chi connectivity index (χ3n) is 3.49. The van der Waals surface area contributed by atoms with E-state index in [0.717, 1.165) is 29.4 Å². The fourth-order valence-electron chi connectivity index (χ4n) is 2.31. The highest BCUT2D eigenvalue weighted by molar-refractivity contribution is 6.31. The number of rotatable bonds is 8. The molecule has 1 aliphatic rings. The standard InChI is InChI=1S/C16H24ClN3O/c1-11(2)9-20(10-16(18)21)14-6-3-12(15(17)7-14)8-19-13-4-5-13/h3,6-7,11,13,19H,4-5,8-10H2,1-2H3,(H2,18,21). The van der Waals surface area contributed by atoms with Gasteiger partial charge in [-0.05, 0) is 36.5 Å². The fourth-order valence-corrected chi connectivity index (χ4v) is 2.55. The summed E-state index contributed by atoms with van der Waals surface area (Å²) >= 11 is 6.37. The first-order valence-electron chi connectivity index (χ1n) is 7.50. The predicted octanol–water partition coefficient (Wildman–Crippen LogP) is 2.54. The Morgan fingerprint density at radius 2 is 2.19 bits per heavy atom. The van der Waals surface area contributed by atoms with Crippen molar-refractivity contribution in [3.8, 4) is 0 Å². The van der Waals surface area contributed by atoms with Crippen LogP contribution in [0, 0.1) is 5.92 Å². The summed E-state index contributed by atoms with van der Waals surface area (Å²) in [6.45, 7) is 6.02. The second-order valence-corrected chi connectivity index (χ2v) is 6.58. The largest absolute Gasteiger partial charge is 0.368 e. The molecule has 1 aromatic carbocycles. The second kappa shape index (κ2) is 7.14. The lowest BCUT2D eigenvalue weighted by Gasteiger charge is -2.26. The van der Waals surface area contributed by atoms with Gasteiger partial charge >= 0.3 is 0 Å². The molecule has 4 nitrogen and oxygen atoms in total. The summed E-state index contributed by atoms with van der Waals surface area (Å²) in [6.07, 6.45) is 2.52. The minimum atomic E-state index is -0.328. The number of hydrogen-bond acceptors (Lipinski definition) is 3. The molecule has 0 bridgehead atoms. The Kier molecular flexibility index (Phi) is 5.48. The van der Waals surface area contributed by atoms with Crippen LogP contribution in [-0.2, 0) is 11.3 Å². The van der Waals surface area contributed by atoms with Crippen LogP contribution in [0.3, 0.4) is 0 Å². The van der Waals surface area contributed by atoms with E-state index >= 15 is 0 Å². The quantitative estimate of drug-likeness (QED) is 0.776. The maximum Gasteiger partial charge on any atom is 0.236 e. The number of carbonyl (C=O) groups excluding carboxylic acids is 1. The van der Waals surface area contributed by atoms with Gasteiger partial charge in [-0.1, -0.05) is 31.5 Å². The summed E-state index contributed by atoms with van der Waals surface area (Å²) < 4.78 is 0. The van der Waals surface area contributed by atoms with Crippen molar-refractivity contribution in [1.29, 1.82) is 0 Å². The van der Waals surface area contributed by atoms with Gasteiger partial charge < -0.3 is 16.0 Å². The Morgan fingerprint density at radius 3 is 2.71 bits per heavy atom. The highest BCUT2D eigenvalue weighted by Gasteiger charge is 2.20. The molecule has 3 N–H and O–H groups in total. The molecule has 1 aliphatic carbocycles. The van der Waals surface area contributed by atoms with Crippen LogP contribution >= 0.6 is 11.6 Å². The smallest absolute Gasteiger partial charge is 0.236 e. The van der Waals surface area contributed by atoms with Gasteiger partial charge in [0, 0.05) is 29.8 Å². The first kappa shape index (κ1) is 16.1. The average Bonchev–Trinajstić information content (AvgIpc) is 3.19. The van der Waals surface area contributed by atoms with E-state index in [1.807, 2.05) is 23.1 Å². The van der Waals surface area contributed by atoms with Crippen molar-refractivity contribution < 1.29 is 4.79 Å². The molecule has 1 amide bonds. The number of primary amides is 1. The zero-order valence-electron chi connectivity index (χ0n) is 12.7. The number of hydrogen-bond donors (Lipinski definition) is 2. The van der Waals surface area contributed by atoms with Gasteiger partial charge in [0.2, 0.25) is 5.91 Å². The van der Waals surface area contributed by atoms with Crippen LogP contribution in [0.5, 0.6) is 0 Å². The minimum Gasteiger partial charge on any atom is -0.368 e. The molecule has 0 atom stereocenters. The molecule has 0 aliphatic heterocycles. The second-order valence-electron chi connectivity index (χ2n) is 6.17. The van der Waals surface area contributed by atoms with E-state index in [0.29, 0.717) is 12.0 Å². The van der Waals surface area contributed by atoms with Gasteiger partial charge in [0.25, 0.3) is 0 Å². The Bertz CT molecular complexity index is 500. The molecule has 21 heavy (non-hydrogen) atoms. The molecular weight excluding hydrogens is 286 g/mol. The van der Waals surface area contributed by atoms with Crippen LogP contribution < -0.4 is 16.0 Å². The number of halogens is 1. The van der Waals surface area contributed by atoms with E-state index < -0.39 is 0 Å². The van der Waals surface area contributed by atoms with Gasteiger partial charge in [0.05, 0.1) is 6.54 Å². The Hall–Kier alpha value is -1.26. The van der Waals surface area contributed by atoms with E-state index in [4.69, 9.17) is 17.3 Å². The van der Waals surface area contributed by atoms with Crippen LogP contribution in [0.2, 0.25) is 5.02 Å². The van der Waals surface area contributed by atoms with Crippen molar-refractivity contribution in [3.05, 3.63) is 28.8 Å². The topological polar surface area (TPSA) is 58.4 Å². The lowest BCUT2D eigenvalue weighted by Crippen LogP contribution is -2.36. The first-order valence-corrected chi connectivity index (χ1v) is 7.88. The number of benzene rings is 1. The minimum absolute atomic E-state index is 0.216. The number of anilines is 1. The van der Waals surface area contributed by atoms with Gasteiger partial charge in [0.1, 0.15) is 0 Å². The summed E-state index contributed by atoms with van der Waals surface area (Å²) in [7, 11) is 0. The first-order chi connectivity index (χ1) is 9.95. The Labute approximate surface area is 131 Å². The highest BCUT2D eigenvalue weighted by Crippen LogP contribution is 2.26. The van der Waals surface area contributed by atoms with Gasteiger partial charge in [-0.15, -0.1) is 0 Å². The number of nitrogens with zero attached hydrogens (tertiary/aromatic N) is 1. The predicted molar refractivity (Wildman–Crippen MR) is 87.6 cm³/mol. The maximum absolute atomic E-state index is 11.2. The summed E-state index contributed by atoms with van der Waals surface area (Å²) in [6, 6.07) is 6.63. The van der Waals surface area contributed by atoms with Crippen molar-refractivity contribution in [2.45, 2.75) is 39.3 Å². The summed E-state index contributed by atoms with van der Waals surface area (Å²) in [5.41, 5.74) is 7.38. The van der Waals surface area contributed by atoms with Crippen molar-refractivity contribution in [2.75, 3.05) is 18.0 Å². The van der Waals surface area contributed by atoms with Crippen molar-refractivity contribution in [3.63, 3.8) is 0 Å². The fraction of sp³-hybridized carbons (Fsp3) is 0.562. The van der Waals surface area contributed by atoms with Crippen LogP contribution in [0.4, 0.5) is 5.69 Å². The van der Waals surface area contributed by atoms with Crippen LogP contribution in [0.1, 0.15) is 32.3 Å². The molecule has 2 rings (SSSR count). The normalized spacial score (nSPS) is 14.5. The molecule has 0 heterocycles. The summed E-state index contributed by atoms with van der Waals surface area (Å²) in [5.74, 6) is 0.116.